The van der Waals surface area contributed by atoms with Crippen LogP contribution in [0, 0.1) is 30.6 Å². The fourth-order valence-corrected chi connectivity index (χ4v) is 14.0. The molecule has 5 aliphatic heterocycles. The van der Waals surface area contributed by atoms with E-state index in [1.165, 1.54) is 67.1 Å². The zero-order valence-electron chi connectivity index (χ0n) is 65.4. The number of benzene rings is 5. The normalized spacial score (nSPS) is 23.2. The molecule has 0 unspecified atom stereocenters. The van der Waals surface area contributed by atoms with Crippen LogP contribution in [0.4, 0.5) is 21.9 Å². The van der Waals surface area contributed by atoms with Crippen molar-refractivity contribution in [3.05, 3.63) is 154 Å². The maximum Gasteiger partial charge on any atom is 0.407 e. The number of Topliss-reactive ketones (excluding diaryl/α,β-unsaturated/α-hetero) is 1. The van der Waals surface area contributed by atoms with Gasteiger partial charge in [-0.15, -0.1) is 0 Å². The standard InChI is InChI=1S/C82H95N11O22/c1-41-16-15-17-42(2)77(105)91-68-72(103)65-64(66-74(46(6)71(65)102)115-82(10,76(66)104)112-35-31-57(110-11)43(3)73(113-49(9)94)45(5)70(101)44(4)69(41)100)67-75(68)114-58-37-54(24-25-55(58)89-67)92-32-28-53(29-33-92)88-81(109)111-40-51-20-22-52(23-21-51)87-78(106)48(8)86-80(108)56(36-50-18-13-12-14-19-50)90-79(107)47(7)85-61(97)39-84-60(96)38-83-59(95)30-34-93-62(98)26-27-63(93)99/h12-27,31,35,37,41,43-45,47-48,53,56-57,69-70,73,100-102H,28-30,32-34,36,38-40H2,1-11H3,(H,83,95)(H,84,96)(H,85,97)(H,86,108)(H,87,106)(H,88,109)(H,90,107)(H,91,105)/b16-15+,35-31+,42-17-/t41-,43+,44+,45+,47-,48-,56-,57-,69-,70+,73+,82-/m0/s1. The van der Waals surface area contributed by atoms with Gasteiger partial charge in [-0.25, -0.2) is 9.78 Å². The number of amides is 10. The lowest BCUT2D eigenvalue weighted by molar-refractivity contribution is -0.160. The van der Waals surface area contributed by atoms with Crippen LogP contribution in [0.5, 0.6) is 11.5 Å². The second kappa shape index (κ2) is 37.1. The number of anilines is 3. The van der Waals surface area contributed by atoms with Crippen LogP contribution in [-0.2, 0) is 79.9 Å². The molecule has 0 saturated carbocycles. The van der Waals surface area contributed by atoms with Crippen molar-refractivity contribution in [2.75, 3.05) is 55.4 Å². The van der Waals surface area contributed by atoms with Crippen LogP contribution < -0.4 is 57.6 Å². The number of ether oxygens (including phenoxy) is 5. The lowest BCUT2D eigenvalue weighted by Crippen LogP contribution is -2.56. The number of methoxy groups -OCH3 is 1. The van der Waals surface area contributed by atoms with E-state index in [9.17, 15) is 68.1 Å². The van der Waals surface area contributed by atoms with Gasteiger partial charge in [-0.1, -0.05) is 88.4 Å². The summed E-state index contributed by atoms with van der Waals surface area (Å²) in [5.74, 6) is -13.3. The molecule has 6 aliphatic rings. The smallest absolute Gasteiger partial charge is 0.407 e. The number of aliphatic hydroxyl groups is 2. The number of aromatic hydroxyl groups is 1. The molecule has 1 saturated heterocycles. The Kier molecular flexibility index (Phi) is 27.4. The Morgan fingerprint density at radius 3 is 2.10 bits per heavy atom. The highest BCUT2D eigenvalue weighted by atomic mass is 16.7. The van der Waals surface area contributed by atoms with Crippen molar-refractivity contribution in [3.63, 3.8) is 0 Å². The Hall–Kier alpha value is -12.4. The van der Waals surface area contributed by atoms with Crippen LogP contribution in [0.15, 0.2) is 130 Å². The van der Waals surface area contributed by atoms with E-state index in [1.807, 2.05) is 0 Å². The molecule has 33 nitrogen and oxygen atoms in total. The Balaban J connectivity index is 0.757. The Morgan fingerprint density at radius 2 is 1.43 bits per heavy atom. The van der Waals surface area contributed by atoms with E-state index in [2.05, 4.69) is 47.4 Å². The molecule has 12 atom stereocenters. The average Bonchev–Trinajstić information content (AvgIpc) is 1.57. The summed E-state index contributed by atoms with van der Waals surface area (Å²) in [6, 6.07) is 16.5. The summed E-state index contributed by atoms with van der Waals surface area (Å²) in [5.41, 5.74) is 1.24. The molecule has 1 fully saturated rings. The number of alkyl carbamates (subject to hydrolysis) is 1. The fraction of sp³-hybridized carbons (Fsp3) is 0.415. The van der Waals surface area contributed by atoms with Gasteiger partial charge in [-0.2, -0.15) is 0 Å². The third-order valence-corrected chi connectivity index (χ3v) is 20.9. The van der Waals surface area contributed by atoms with Gasteiger partial charge in [0.2, 0.25) is 40.9 Å². The number of aliphatic hydroxyl groups excluding tert-OH is 2. The molecule has 10 amide bonds. The molecule has 0 spiro atoms. The summed E-state index contributed by atoms with van der Waals surface area (Å²) < 4.78 is 36.3. The SMILES string of the molecule is CO[C@H]1/C=C/O[C@@]2(C)Oc3c(C)c(O)c4c(=O)c(c5oc6cc(N7CCC(NC(=O)OCc8ccc(NC(=O)[C@H](C)NC(=O)[C@H](Cc9ccccc9)NC(=O)[C@H](C)NC(=O)CNC(=O)CNC(=O)CCN9C(=O)C=CC9=O)cc8)CC7)ccc6nc-5c4c3C2=O)NC(=O)/C(C)=C\C=C\[C@H](C)[C@H](O)[C@@H](C)[C@@H](O)[C@@H](C)[C@H](OC(C)=O)[C@@H]1C. The number of phenols is 1. The Morgan fingerprint density at radius 1 is 0.757 bits per heavy atom. The first kappa shape index (κ1) is 85.1. The number of piperidine rings is 1. The maximum absolute atomic E-state index is 15.1. The molecule has 0 radical (unpaired) electrons. The van der Waals surface area contributed by atoms with Crippen LogP contribution in [0.1, 0.15) is 109 Å². The first-order chi connectivity index (χ1) is 54.6. The van der Waals surface area contributed by atoms with E-state index >= 15 is 9.59 Å². The van der Waals surface area contributed by atoms with Crippen LogP contribution in [0.3, 0.4) is 0 Å². The maximum atomic E-state index is 15.1. The molecule has 5 heterocycles. The van der Waals surface area contributed by atoms with Crippen molar-refractivity contribution in [2.24, 2.45) is 23.7 Å². The van der Waals surface area contributed by atoms with Crippen LogP contribution in [0.2, 0.25) is 0 Å². The number of phenolic OH excluding ortho intramolecular Hbond substituents is 1. The fourth-order valence-electron chi connectivity index (χ4n) is 14.0. The number of hydrogen-bond acceptors (Lipinski definition) is 24. The van der Waals surface area contributed by atoms with Gasteiger partial charge in [0.1, 0.15) is 59.2 Å². The number of allylic oxidation sites excluding steroid dienone is 2. The first-order valence-electron chi connectivity index (χ1n) is 37.6. The number of carbonyl (C=O) groups is 12. The molecule has 1 aliphatic carbocycles. The van der Waals surface area contributed by atoms with Gasteiger partial charge in [0.15, 0.2) is 11.3 Å². The van der Waals surface area contributed by atoms with E-state index in [0.29, 0.717) is 48.4 Å². The van der Waals surface area contributed by atoms with Gasteiger partial charge in [0, 0.05) is 129 Å². The molecule has 4 bridgehead atoms. The molecular formula is C82H95N11O22. The quantitative estimate of drug-likeness (QED) is 0.0183. The second-order valence-electron chi connectivity index (χ2n) is 29.3. The molecular weight excluding hydrogens is 1490 g/mol. The van der Waals surface area contributed by atoms with Gasteiger partial charge in [-0.05, 0) is 82.0 Å². The molecule has 11 N–H and O–H groups in total. The van der Waals surface area contributed by atoms with Gasteiger partial charge in [0.25, 0.3) is 23.5 Å². The van der Waals surface area contributed by atoms with Crippen LogP contribution in [0.25, 0.3) is 33.3 Å². The number of carbonyl (C=O) groups excluding carboxylic acids is 12. The van der Waals surface area contributed by atoms with Crippen LogP contribution >= 0.6 is 0 Å². The Bertz CT molecular complexity index is 4900. The van der Waals surface area contributed by atoms with Crippen molar-refractivity contribution >= 4 is 110 Å². The number of hydrogen-bond donors (Lipinski definition) is 11. The molecule has 0 aromatic heterocycles. The lowest BCUT2D eigenvalue weighted by Gasteiger charge is -2.38. The number of nitrogens with one attached hydrogen (secondary N) is 8. The van der Waals surface area contributed by atoms with E-state index in [4.69, 9.17) is 33.1 Å². The summed E-state index contributed by atoms with van der Waals surface area (Å²) in [6.07, 6.45) is 5.41. The van der Waals surface area contributed by atoms with E-state index < -0.39 is 173 Å². The van der Waals surface area contributed by atoms with Crippen molar-refractivity contribution in [3.8, 4) is 23.0 Å². The number of nitrogens with zero attached hydrogens (tertiary/aromatic N) is 3. The highest BCUT2D eigenvalue weighted by molar-refractivity contribution is 6.22. The van der Waals surface area contributed by atoms with Gasteiger partial charge in [-0.3, -0.25) is 62.4 Å². The number of rotatable bonds is 22. The number of aromatic nitrogens is 1. The predicted molar refractivity (Wildman–Crippen MR) is 418 cm³/mol. The highest BCUT2D eigenvalue weighted by Gasteiger charge is 2.50. The number of esters is 1. The third kappa shape index (κ3) is 20.2. The summed E-state index contributed by atoms with van der Waals surface area (Å²) >= 11 is 0. The first-order valence-corrected chi connectivity index (χ1v) is 37.6. The summed E-state index contributed by atoms with van der Waals surface area (Å²) in [7, 11) is 1.42. The molecule has 33 heteroatoms. The predicted octanol–water partition coefficient (Wildman–Crippen LogP) is 5.07. The van der Waals surface area contributed by atoms with Gasteiger partial charge < -0.3 is 90.9 Å². The molecule has 610 valence electrons. The monoisotopic (exact) mass is 1590 g/mol. The van der Waals surface area contributed by atoms with E-state index in [-0.39, 0.29) is 87.8 Å². The Labute approximate surface area is 661 Å². The van der Waals surface area contributed by atoms with Crippen molar-refractivity contribution in [1.29, 1.82) is 0 Å². The summed E-state index contributed by atoms with van der Waals surface area (Å²) in [6.45, 7) is 14.7. The molecule has 115 heavy (non-hydrogen) atoms. The van der Waals surface area contributed by atoms with Gasteiger partial charge >= 0.3 is 17.8 Å². The lowest BCUT2D eigenvalue weighted by atomic mass is 9.78. The topological polar surface area (TPSA) is 457 Å². The van der Waals surface area contributed by atoms with E-state index in [1.54, 1.807) is 113 Å². The summed E-state index contributed by atoms with van der Waals surface area (Å²) in [4.78, 5) is 180. The highest BCUT2D eigenvalue weighted by Crippen LogP contribution is 2.51. The molecule has 4 aromatic rings. The van der Waals surface area contributed by atoms with Crippen molar-refractivity contribution in [2.45, 2.75) is 156 Å². The van der Waals surface area contributed by atoms with Crippen molar-refractivity contribution < 1.29 is 101 Å². The van der Waals surface area contributed by atoms with E-state index in [0.717, 1.165) is 17.1 Å². The minimum atomic E-state index is -2.12. The second-order valence-corrected chi connectivity index (χ2v) is 29.3. The summed E-state index contributed by atoms with van der Waals surface area (Å²) in [5, 5.41) is 55.5. The minimum absolute atomic E-state index is 0.000776. The molecule has 4 aromatic carbocycles. The average molecular weight is 1590 g/mol. The number of imide groups is 1. The van der Waals surface area contributed by atoms with Gasteiger partial charge in [0.05, 0.1) is 48.6 Å². The minimum Gasteiger partial charge on any atom is -0.507 e. The number of fused-ring (bicyclic) bond motifs is 2. The molecule has 10 rings (SSSR count). The zero-order chi connectivity index (χ0) is 83.4. The van der Waals surface area contributed by atoms with Crippen molar-refractivity contribution in [1.82, 2.24) is 41.8 Å². The number of ketones is 1. The van der Waals surface area contributed by atoms with Crippen LogP contribution in [-0.4, -0.2) is 190 Å². The zero-order valence-corrected chi connectivity index (χ0v) is 65.4. The largest absolute Gasteiger partial charge is 0.507 e. The third-order valence-electron chi connectivity index (χ3n) is 20.9.